The minimum absolute atomic E-state index is 0.130. The number of methoxy groups -OCH3 is 1. The van der Waals surface area contributed by atoms with Crippen molar-refractivity contribution in [3.8, 4) is 11.5 Å². The lowest BCUT2D eigenvalue weighted by Crippen LogP contribution is -2.41. The summed E-state index contributed by atoms with van der Waals surface area (Å²) in [6.07, 6.45) is 3.30. The Morgan fingerprint density at radius 3 is 2.58 bits per heavy atom. The molecule has 0 radical (unpaired) electrons. The van der Waals surface area contributed by atoms with Gasteiger partial charge >= 0.3 is 0 Å². The average molecular weight is 336 g/mol. The van der Waals surface area contributed by atoms with E-state index in [1.54, 1.807) is 7.11 Å². The predicted octanol–water partition coefficient (Wildman–Crippen LogP) is 1.82. The molecule has 0 aliphatic carbocycles. The van der Waals surface area contributed by atoms with Gasteiger partial charge in [0.15, 0.2) is 11.5 Å². The molecule has 6 heteroatoms. The molecule has 1 saturated heterocycles. The number of ether oxygens (including phenoxy) is 3. The molecule has 6 nitrogen and oxygen atoms in total. The summed E-state index contributed by atoms with van der Waals surface area (Å²) < 4.78 is 16.7. The van der Waals surface area contributed by atoms with E-state index in [1.807, 2.05) is 29.2 Å². The second-order valence-corrected chi connectivity index (χ2v) is 5.84. The van der Waals surface area contributed by atoms with Gasteiger partial charge in [0.25, 0.3) is 0 Å². The van der Waals surface area contributed by atoms with Crippen LogP contribution in [0.4, 0.5) is 0 Å². The normalized spacial score (nSPS) is 15.3. The number of nitrogens with two attached hydrogens (primary N) is 1. The number of nitrogens with zero attached hydrogens (tertiary/aromatic N) is 1. The molecule has 1 amide bonds. The van der Waals surface area contributed by atoms with Crippen LogP contribution in [-0.2, 0) is 9.53 Å². The third-order valence-electron chi connectivity index (χ3n) is 4.14. The molecule has 1 fully saturated rings. The van der Waals surface area contributed by atoms with E-state index in [-0.39, 0.29) is 12.0 Å². The van der Waals surface area contributed by atoms with Gasteiger partial charge in [0.05, 0.1) is 26.2 Å². The third-order valence-corrected chi connectivity index (χ3v) is 4.14. The monoisotopic (exact) mass is 336 g/mol. The van der Waals surface area contributed by atoms with E-state index in [4.69, 9.17) is 19.9 Å². The lowest BCUT2D eigenvalue weighted by Gasteiger charge is -2.32. The van der Waals surface area contributed by atoms with Crippen molar-refractivity contribution in [1.82, 2.24) is 4.90 Å². The fourth-order valence-electron chi connectivity index (χ4n) is 2.75. The molecule has 0 aromatic heterocycles. The SMILES string of the molecule is COc1ccccc1OCCC(=O)N1CCC(OCCCN)CC1. The van der Waals surface area contributed by atoms with Crippen molar-refractivity contribution in [3.63, 3.8) is 0 Å². The molecule has 0 spiro atoms. The molecule has 1 aliphatic rings. The zero-order chi connectivity index (χ0) is 17.2. The van der Waals surface area contributed by atoms with E-state index in [0.29, 0.717) is 37.7 Å². The van der Waals surface area contributed by atoms with Gasteiger partial charge in [-0.2, -0.15) is 0 Å². The largest absolute Gasteiger partial charge is 0.493 e. The summed E-state index contributed by atoms with van der Waals surface area (Å²) in [5, 5.41) is 0. The summed E-state index contributed by atoms with van der Waals surface area (Å²) in [5.41, 5.74) is 5.46. The molecule has 0 bridgehead atoms. The topological polar surface area (TPSA) is 74.0 Å². The van der Waals surface area contributed by atoms with Crippen molar-refractivity contribution in [2.75, 3.05) is 40.0 Å². The Kier molecular flexibility index (Phi) is 7.85. The number of carbonyl (C=O) groups excluding carboxylic acids is 1. The summed E-state index contributed by atoms with van der Waals surface area (Å²) in [6.45, 7) is 3.22. The maximum atomic E-state index is 12.3. The number of hydrogen-bond acceptors (Lipinski definition) is 5. The summed E-state index contributed by atoms with van der Waals surface area (Å²) in [6, 6.07) is 7.45. The van der Waals surface area contributed by atoms with Gasteiger partial charge < -0.3 is 24.8 Å². The number of carbonyl (C=O) groups is 1. The van der Waals surface area contributed by atoms with E-state index in [2.05, 4.69) is 0 Å². The number of piperidine rings is 1. The smallest absolute Gasteiger partial charge is 0.226 e. The van der Waals surface area contributed by atoms with Gasteiger partial charge in [0, 0.05) is 19.7 Å². The first-order chi connectivity index (χ1) is 11.7. The Bertz CT molecular complexity index is 502. The molecular weight excluding hydrogens is 308 g/mol. The highest BCUT2D eigenvalue weighted by atomic mass is 16.5. The quantitative estimate of drug-likeness (QED) is 0.696. The minimum Gasteiger partial charge on any atom is -0.493 e. The van der Waals surface area contributed by atoms with E-state index in [9.17, 15) is 4.79 Å². The van der Waals surface area contributed by atoms with Crippen LogP contribution in [-0.4, -0.2) is 56.9 Å². The van der Waals surface area contributed by atoms with E-state index in [0.717, 1.165) is 32.4 Å². The zero-order valence-electron chi connectivity index (χ0n) is 14.4. The number of hydrogen-bond donors (Lipinski definition) is 1. The van der Waals surface area contributed by atoms with Crippen LogP contribution in [0.3, 0.4) is 0 Å². The van der Waals surface area contributed by atoms with Gasteiger partial charge in [-0.05, 0) is 37.9 Å². The second-order valence-electron chi connectivity index (χ2n) is 5.84. The Morgan fingerprint density at radius 1 is 1.21 bits per heavy atom. The highest BCUT2D eigenvalue weighted by Gasteiger charge is 2.22. The highest BCUT2D eigenvalue weighted by molar-refractivity contribution is 5.76. The number of amides is 1. The maximum Gasteiger partial charge on any atom is 0.226 e. The maximum absolute atomic E-state index is 12.3. The molecule has 0 saturated carbocycles. The van der Waals surface area contributed by atoms with Crippen LogP contribution in [0, 0.1) is 0 Å². The first-order valence-electron chi connectivity index (χ1n) is 8.60. The van der Waals surface area contributed by atoms with Crippen LogP contribution >= 0.6 is 0 Å². The van der Waals surface area contributed by atoms with Crippen molar-refractivity contribution < 1.29 is 19.0 Å². The van der Waals surface area contributed by atoms with Crippen LogP contribution in [0.25, 0.3) is 0 Å². The minimum atomic E-state index is 0.130. The fraction of sp³-hybridized carbons (Fsp3) is 0.611. The van der Waals surface area contributed by atoms with Crippen molar-refractivity contribution in [1.29, 1.82) is 0 Å². The van der Waals surface area contributed by atoms with Crippen LogP contribution in [0.5, 0.6) is 11.5 Å². The summed E-state index contributed by atoms with van der Waals surface area (Å²) in [7, 11) is 1.60. The molecule has 1 aromatic rings. The first-order valence-corrected chi connectivity index (χ1v) is 8.60. The van der Waals surface area contributed by atoms with Crippen LogP contribution in [0.1, 0.15) is 25.7 Å². The number of benzene rings is 1. The van der Waals surface area contributed by atoms with Crippen molar-refractivity contribution in [2.45, 2.75) is 31.8 Å². The zero-order valence-corrected chi connectivity index (χ0v) is 14.4. The number of likely N-dealkylation sites (tertiary alicyclic amines) is 1. The molecule has 2 rings (SSSR count). The van der Waals surface area contributed by atoms with E-state index >= 15 is 0 Å². The molecule has 2 N–H and O–H groups in total. The molecule has 0 unspecified atom stereocenters. The average Bonchev–Trinajstić information content (AvgIpc) is 2.63. The molecule has 24 heavy (non-hydrogen) atoms. The Hall–Kier alpha value is -1.79. The lowest BCUT2D eigenvalue weighted by molar-refractivity contribution is -0.134. The summed E-state index contributed by atoms with van der Waals surface area (Å²) in [4.78, 5) is 14.2. The first kappa shape index (κ1) is 18.5. The van der Waals surface area contributed by atoms with Gasteiger partial charge in [-0.25, -0.2) is 0 Å². The molecule has 1 aliphatic heterocycles. The molecule has 0 atom stereocenters. The van der Waals surface area contributed by atoms with E-state index < -0.39 is 0 Å². The van der Waals surface area contributed by atoms with Crippen LogP contribution in [0.2, 0.25) is 0 Å². The highest BCUT2D eigenvalue weighted by Crippen LogP contribution is 2.25. The fourth-order valence-corrected chi connectivity index (χ4v) is 2.75. The summed E-state index contributed by atoms with van der Waals surface area (Å²) in [5.74, 6) is 1.48. The summed E-state index contributed by atoms with van der Waals surface area (Å²) >= 11 is 0. The Morgan fingerprint density at radius 2 is 1.92 bits per heavy atom. The van der Waals surface area contributed by atoms with Gasteiger partial charge in [0.2, 0.25) is 5.91 Å². The van der Waals surface area contributed by atoms with Crippen LogP contribution in [0.15, 0.2) is 24.3 Å². The Labute approximate surface area is 143 Å². The molecule has 1 aromatic carbocycles. The standard InChI is InChI=1S/C18H28N2O4/c1-22-16-5-2-3-6-17(16)24-14-9-18(21)20-11-7-15(8-12-20)23-13-4-10-19/h2-3,5-6,15H,4,7-14,19H2,1H3. The van der Waals surface area contributed by atoms with Gasteiger partial charge in [-0.15, -0.1) is 0 Å². The number of para-hydroxylation sites is 2. The lowest BCUT2D eigenvalue weighted by atomic mass is 10.1. The van der Waals surface area contributed by atoms with E-state index in [1.165, 1.54) is 0 Å². The van der Waals surface area contributed by atoms with Crippen molar-refractivity contribution >= 4 is 5.91 Å². The molecule has 134 valence electrons. The Balaban J connectivity index is 1.66. The van der Waals surface area contributed by atoms with Crippen molar-refractivity contribution in [3.05, 3.63) is 24.3 Å². The second kappa shape index (κ2) is 10.2. The third kappa shape index (κ3) is 5.69. The van der Waals surface area contributed by atoms with Gasteiger partial charge in [-0.3, -0.25) is 4.79 Å². The van der Waals surface area contributed by atoms with Crippen LogP contribution < -0.4 is 15.2 Å². The van der Waals surface area contributed by atoms with Gasteiger partial charge in [-0.1, -0.05) is 12.1 Å². The van der Waals surface area contributed by atoms with Crippen molar-refractivity contribution in [2.24, 2.45) is 5.73 Å². The molecular formula is C18H28N2O4. The number of rotatable bonds is 9. The predicted molar refractivity (Wildman–Crippen MR) is 92.3 cm³/mol. The van der Waals surface area contributed by atoms with Gasteiger partial charge in [0.1, 0.15) is 0 Å². The molecule has 1 heterocycles.